The molecule has 0 amide bonds. The minimum absolute atomic E-state index is 0. The van der Waals surface area contributed by atoms with Crippen molar-refractivity contribution in [2.24, 2.45) is 0 Å². The largest absolute Gasteiger partial charge is 1.28 e. The Balaban J connectivity index is -0.0000000200. The van der Waals surface area contributed by atoms with E-state index in [1.54, 1.807) is 0 Å². The van der Waals surface area contributed by atoms with Crippen LogP contribution in [0, 0.1) is 32.4 Å². The zero-order valence-corrected chi connectivity index (χ0v) is 13.3. The molecule has 0 saturated carbocycles. The van der Waals surface area contributed by atoms with E-state index in [2.05, 4.69) is 10.0 Å². The van der Waals surface area contributed by atoms with Gasteiger partial charge in [0.05, 0.1) is 0 Å². The zero-order valence-electron chi connectivity index (χ0n) is 9.89. The molecule has 150 valence electrons. The van der Waals surface area contributed by atoms with Crippen molar-refractivity contribution in [2.45, 2.75) is 0 Å². The Morgan fingerprint density at radius 1 is 0.409 bits per heavy atom. The van der Waals surface area contributed by atoms with Gasteiger partial charge in [0.15, 0.2) is 0 Å². The summed E-state index contributed by atoms with van der Waals surface area (Å²) >= 11 is -3.79. The molecule has 0 aliphatic rings. The number of halogens is 3. The van der Waals surface area contributed by atoms with Gasteiger partial charge in [-0.05, 0) is 10.0 Å². The van der Waals surface area contributed by atoms with Crippen LogP contribution in [-0.2, 0) is 10.0 Å². The topological polar surface area (TPSA) is 450 Å². The molecule has 22 heteroatoms. The molecule has 0 heterocycles. The summed E-state index contributed by atoms with van der Waals surface area (Å²) in [5, 5.41) is 0. The highest BCUT2D eigenvalue weighted by Crippen LogP contribution is 1.97. The molecule has 0 atom stereocenters. The highest BCUT2D eigenvalue weighted by atomic mass is 35.6. The highest BCUT2D eigenvalue weighted by molar-refractivity contribution is 6.34. The van der Waals surface area contributed by atoms with Crippen LogP contribution in [0.3, 0.4) is 0 Å². The molecular weight excluding hydrogens is 421 g/mol. The van der Waals surface area contributed by atoms with Gasteiger partial charge in [0, 0.05) is 0 Å². The summed E-state index contributed by atoms with van der Waals surface area (Å²) in [4.78, 5) is 0. The molecule has 0 radical (unpaired) electrons. The lowest BCUT2D eigenvalue weighted by atomic mass is 15.7. The van der Waals surface area contributed by atoms with Gasteiger partial charge in [-0.25, -0.2) is 0 Å². The van der Waals surface area contributed by atoms with Crippen molar-refractivity contribution < 1.29 is 120 Å². The van der Waals surface area contributed by atoms with E-state index in [9.17, 15) is 28.0 Å². The maximum atomic E-state index is 9.78. The first-order valence-corrected chi connectivity index (χ1v) is 6.29. The van der Waals surface area contributed by atoms with Crippen molar-refractivity contribution in [3.05, 3.63) is 0 Å². The monoisotopic (exact) mass is 438 g/mol. The Hall–Kier alpha value is 0.682. The van der Waals surface area contributed by atoms with E-state index in [0.717, 1.165) is 0 Å². The average Bonchev–Trinajstić information content (AvgIpc) is 1.80. The van der Waals surface area contributed by atoms with Gasteiger partial charge in [0.2, 0.25) is 0 Å². The van der Waals surface area contributed by atoms with Crippen molar-refractivity contribution in [3.8, 4) is 0 Å². The fourth-order valence-corrected chi connectivity index (χ4v) is 2.72. The minimum atomic E-state index is -3.79. The fraction of sp³-hybridized carbons (Fsp3) is 0. The third-order valence-electron chi connectivity index (χ3n) is 0.436. The molecule has 0 bridgehead atoms. The Morgan fingerprint density at radius 2 is 0.545 bits per heavy atom. The molecular formula is H18AlCl3O18. The van der Waals surface area contributed by atoms with E-state index in [1.807, 2.05) is 0 Å². The summed E-state index contributed by atoms with van der Waals surface area (Å²) in [6, 6.07) is 0. The van der Waals surface area contributed by atoms with Crippen molar-refractivity contribution >= 4 is 15.1 Å². The molecule has 22 heavy (non-hydrogen) atoms. The predicted molar refractivity (Wildman–Crippen MR) is 41.5 cm³/mol. The molecule has 0 rings (SSSR count). The summed E-state index contributed by atoms with van der Waals surface area (Å²) in [5.74, 6) is 0. The molecule has 0 spiro atoms. The van der Waals surface area contributed by atoms with Crippen molar-refractivity contribution in [1.82, 2.24) is 0 Å². The van der Waals surface area contributed by atoms with Crippen molar-refractivity contribution in [3.63, 3.8) is 0 Å². The van der Waals surface area contributed by atoms with Gasteiger partial charge in [-0.3, -0.25) is 0 Å². The second-order valence-electron chi connectivity index (χ2n) is 1.12. The van der Waals surface area contributed by atoms with Gasteiger partial charge < -0.3 is 77.2 Å². The van der Waals surface area contributed by atoms with Crippen LogP contribution in [0.5, 0.6) is 0 Å². The van der Waals surface area contributed by atoms with Crippen LogP contribution in [0.1, 0.15) is 0 Å². The maximum absolute atomic E-state index is 9.78. The number of rotatable bonds is 6. The van der Waals surface area contributed by atoms with E-state index < -0.39 is 47.5 Å². The SMILES string of the molecule is O.O.O.O.O.O.O.O.O.[O-][Cl+2]([O-])[O][Al]([O][Cl+2]([O-])[O-])[O][Cl+2]([O-])[O-]. The summed E-state index contributed by atoms with van der Waals surface area (Å²) in [7, 11) is -8.41. The van der Waals surface area contributed by atoms with E-state index >= 15 is 0 Å². The van der Waals surface area contributed by atoms with Gasteiger partial charge in [-0.15, -0.1) is 0 Å². The minimum Gasteiger partial charge on any atom is -0.412 e. The fourth-order valence-electron chi connectivity index (χ4n) is 0.219. The average molecular weight is 439 g/mol. The van der Waals surface area contributed by atoms with E-state index in [0.29, 0.717) is 0 Å². The highest BCUT2D eigenvalue weighted by Gasteiger charge is 2.68. The van der Waals surface area contributed by atoms with Crippen LogP contribution >= 0.6 is 0 Å². The summed E-state index contributed by atoms with van der Waals surface area (Å²) in [6.07, 6.45) is 0. The number of hydrogen-bond donors (Lipinski definition) is 0. The van der Waals surface area contributed by atoms with Gasteiger partial charge in [-0.2, -0.15) is 0 Å². The van der Waals surface area contributed by atoms with Gasteiger partial charge in [0.1, 0.15) is 0 Å². The van der Waals surface area contributed by atoms with Gasteiger partial charge >= 0.3 is 15.1 Å². The molecule has 0 unspecified atom stereocenters. The first-order chi connectivity index (χ1) is 5.91. The normalized spacial score (nSPS) is 6.95. The zero-order chi connectivity index (χ0) is 10.4. The van der Waals surface area contributed by atoms with E-state index in [4.69, 9.17) is 0 Å². The van der Waals surface area contributed by atoms with Gasteiger partial charge in [-0.1, -0.05) is 0 Å². The van der Waals surface area contributed by atoms with E-state index in [1.165, 1.54) is 0 Å². The lowest BCUT2D eigenvalue weighted by molar-refractivity contribution is -1.64. The van der Waals surface area contributed by atoms with Crippen molar-refractivity contribution in [1.29, 1.82) is 0 Å². The van der Waals surface area contributed by atoms with Crippen LogP contribution in [0.4, 0.5) is 0 Å². The number of hydrogen-bond acceptors (Lipinski definition) is 9. The summed E-state index contributed by atoms with van der Waals surface area (Å²) < 4.78 is 69.6. The van der Waals surface area contributed by atoms with E-state index in [-0.39, 0.29) is 49.3 Å². The quantitative estimate of drug-likeness (QED) is 0.353. The van der Waals surface area contributed by atoms with Crippen LogP contribution in [-0.4, -0.2) is 64.4 Å². The second kappa shape index (κ2) is 37.7. The Morgan fingerprint density at radius 3 is 0.636 bits per heavy atom. The molecule has 0 saturated heterocycles. The second-order valence-corrected chi connectivity index (χ2v) is 4.97. The van der Waals surface area contributed by atoms with Crippen LogP contribution in [0.15, 0.2) is 0 Å². The van der Waals surface area contributed by atoms with Crippen LogP contribution in [0.2, 0.25) is 0 Å². The van der Waals surface area contributed by atoms with Crippen molar-refractivity contribution in [2.75, 3.05) is 0 Å². The summed E-state index contributed by atoms with van der Waals surface area (Å²) in [6.45, 7) is 0. The lowest BCUT2D eigenvalue weighted by Gasteiger charge is -1.96. The molecule has 0 aliphatic carbocycles. The smallest absolute Gasteiger partial charge is 0.412 e. The molecule has 18 nitrogen and oxygen atoms in total. The van der Waals surface area contributed by atoms with Gasteiger partial charge in [0.25, 0.3) is 32.4 Å². The Kier molecular flexibility index (Phi) is 114. The first kappa shape index (κ1) is 66.3. The molecule has 0 aliphatic heterocycles. The maximum Gasteiger partial charge on any atom is 1.28 e. The molecule has 0 aromatic carbocycles. The molecule has 0 fully saturated rings. The van der Waals surface area contributed by atoms with Crippen LogP contribution < -0.4 is 28.0 Å². The Labute approximate surface area is 135 Å². The third-order valence-corrected chi connectivity index (χ3v) is 3.93. The third kappa shape index (κ3) is 49.8. The lowest BCUT2D eigenvalue weighted by Crippen LogP contribution is -2.50. The Bertz CT molecular complexity index is 106. The molecule has 0 aromatic heterocycles. The molecule has 0 aromatic rings. The summed E-state index contributed by atoms with van der Waals surface area (Å²) in [5.41, 5.74) is 0. The predicted octanol–water partition coefficient (Wildman–Crippen LogP) is -15.1. The molecule has 18 N–H and O–H groups in total. The van der Waals surface area contributed by atoms with Crippen LogP contribution in [0.25, 0.3) is 0 Å². The first-order valence-electron chi connectivity index (χ1n) is 2.10. The standard InChI is InChI=1S/Al.3ClO3.9H2O/c;3*2-1(3)4;;;;;;;;;/h;;;;9*1H2/q+3;3*-1;;;;;;;;;.